The van der Waals surface area contributed by atoms with Gasteiger partial charge in [-0.15, -0.1) is 22.7 Å². The van der Waals surface area contributed by atoms with Gasteiger partial charge in [-0.05, 0) is 66.2 Å². The molecule has 312 valence electrons. The Morgan fingerprint density at radius 2 is 1.15 bits per heavy atom. The lowest BCUT2D eigenvalue weighted by atomic mass is 9.96. The van der Waals surface area contributed by atoms with Gasteiger partial charge in [-0.1, -0.05) is 41.5 Å². The summed E-state index contributed by atoms with van der Waals surface area (Å²) in [6, 6.07) is -0.461. The van der Waals surface area contributed by atoms with Crippen LogP contribution in [0.1, 0.15) is 148 Å². The van der Waals surface area contributed by atoms with E-state index in [0.717, 1.165) is 22.0 Å². The Bertz CT molecular complexity index is 1560. The standard InChI is InChI=1S/C21H36N2O4S.C18H28N2O6S/c1-13(2)10-18(24)26-17(19-22-15(5)12-28-19)11-16(14(3)4)23(9)20(25)27-21(6,7)8;1-10(2)13(20(7)17(24)26-18(4,5)6)8-14(25-11(3)21)15-19-12(9-27-15)16(22)23/h12-14,16-17H,10-11H2,1-9H3;9-10,13-14H,8H2,1-7H3,(H,22,23)/t16-,17+;13-,14+/m11/s1. The highest BCUT2D eigenvalue weighted by Gasteiger charge is 2.34. The van der Waals surface area contributed by atoms with E-state index in [9.17, 15) is 24.0 Å². The molecule has 16 heteroatoms. The SMILES string of the molecule is CC(=O)O[C@@H](C[C@H](C(C)C)N(C)C(=O)OC(C)(C)C)c1nc(C(=O)O)cs1.Cc1csc([C@H](C[C@H](C(C)C)N(C)C(=O)OC(C)(C)C)OC(=O)CC(C)C)n1. The molecule has 0 aromatic carbocycles. The van der Waals surface area contributed by atoms with Crippen LogP contribution in [0.5, 0.6) is 0 Å². The minimum atomic E-state index is -1.15. The van der Waals surface area contributed by atoms with Crippen molar-refractivity contribution in [2.75, 3.05) is 14.1 Å². The number of esters is 2. The molecule has 2 rings (SSSR count). The van der Waals surface area contributed by atoms with Crippen LogP contribution >= 0.6 is 22.7 Å². The van der Waals surface area contributed by atoms with Crippen LogP contribution in [0, 0.1) is 24.7 Å². The van der Waals surface area contributed by atoms with Crippen molar-refractivity contribution >= 4 is 52.8 Å². The van der Waals surface area contributed by atoms with Crippen LogP contribution in [0.25, 0.3) is 0 Å². The zero-order valence-corrected chi connectivity index (χ0v) is 37.2. The second kappa shape index (κ2) is 21.5. The van der Waals surface area contributed by atoms with Crippen molar-refractivity contribution in [1.82, 2.24) is 19.8 Å². The number of rotatable bonds is 15. The van der Waals surface area contributed by atoms with Crippen LogP contribution in [-0.2, 0) is 28.5 Å². The van der Waals surface area contributed by atoms with E-state index < -0.39 is 41.4 Å². The highest BCUT2D eigenvalue weighted by atomic mass is 32.1. The Morgan fingerprint density at radius 1 is 0.727 bits per heavy atom. The summed E-state index contributed by atoms with van der Waals surface area (Å²) < 4.78 is 22.1. The topological polar surface area (TPSA) is 175 Å². The van der Waals surface area contributed by atoms with Gasteiger partial charge in [0.15, 0.2) is 17.9 Å². The van der Waals surface area contributed by atoms with Crippen LogP contribution < -0.4 is 0 Å². The van der Waals surface area contributed by atoms with E-state index in [1.54, 1.807) is 39.8 Å². The Hall–Kier alpha value is -3.79. The fourth-order valence-electron chi connectivity index (χ4n) is 5.33. The Morgan fingerprint density at radius 3 is 1.47 bits per heavy atom. The van der Waals surface area contributed by atoms with E-state index in [4.69, 9.17) is 24.1 Å². The lowest BCUT2D eigenvalue weighted by Gasteiger charge is -2.34. The van der Waals surface area contributed by atoms with Crippen molar-refractivity contribution in [1.29, 1.82) is 0 Å². The number of carbonyl (C=O) groups excluding carboxylic acids is 4. The highest BCUT2D eigenvalue weighted by molar-refractivity contribution is 7.10. The maximum Gasteiger partial charge on any atom is 0.410 e. The molecule has 0 aliphatic carbocycles. The first-order valence-electron chi connectivity index (χ1n) is 18.5. The first kappa shape index (κ1) is 49.2. The maximum atomic E-state index is 12.6. The molecule has 14 nitrogen and oxygen atoms in total. The van der Waals surface area contributed by atoms with Gasteiger partial charge in [0.1, 0.15) is 21.2 Å². The third-order valence-electron chi connectivity index (χ3n) is 7.89. The molecule has 0 bridgehead atoms. The monoisotopic (exact) mass is 812 g/mol. The molecule has 0 radical (unpaired) electrons. The smallest absolute Gasteiger partial charge is 0.410 e. The zero-order valence-electron chi connectivity index (χ0n) is 35.5. The summed E-state index contributed by atoms with van der Waals surface area (Å²) in [5, 5.41) is 13.6. The van der Waals surface area contributed by atoms with Gasteiger partial charge in [-0.25, -0.2) is 24.4 Å². The summed E-state index contributed by atoms with van der Waals surface area (Å²) in [5.41, 5.74) is -0.406. The van der Waals surface area contributed by atoms with E-state index in [2.05, 4.69) is 9.97 Å². The fourth-order valence-corrected chi connectivity index (χ4v) is 7.00. The highest BCUT2D eigenvalue weighted by Crippen LogP contribution is 2.32. The van der Waals surface area contributed by atoms with Gasteiger partial charge in [-0.3, -0.25) is 9.59 Å². The lowest BCUT2D eigenvalue weighted by Crippen LogP contribution is -2.44. The number of hydrogen-bond acceptors (Lipinski definition) is 13. The third-order valence-corrected chi connectivity index (χ3v) is 9.89. The van der Waals surface area contributed by atoms with Gasteiger partial charge in [0.05, 0.1) is 0 Å². The van der Waals surface area contributed by atoms with Crippen molar-refractivity contribution < 1.29 is 48.0 Å². The van der Waals surface area contributed by atoms with Crippen LogP contribution in [0.3, 0.4) is 0 Å². The van der Waals surface area contributed by atoms with Gasteiger partial charge in [0.25, 0.3) is 0 Å². The van der Waals surface area contributed by atoms with Crippen molar-refractivity contribution in [2.45, 2.75) is 152 Å². The van der Waals surface area contributed by atoms with Crippen molar-refractivity contribution in [3.8, 4) is 0 Å². The van der Waals surface area contributed by atoms with Crippen LogP contribution in [0.2, 0.25) is 0 Å². The number of thiazole rings is 2. The van der Waals surface area contributed by atoms with Crippen LogP contribution in [-0.4, -0.2) is 92.3 Å². The quantitative estimate of drug-likeness (QED) is 0.134. The number of carbonyl (C=O) groups is 5. The molecule has 0 fully saturated rings. The molecule has 0 saturated heterocycles. The van der Waals surface area contributed by atoms with E-state index in [1.807, 2.05) is 74.6 Å². The number of ether oxygens (including phenoxy) is 4. The summed E-state index contributed by atoms with van der Waals surface area (Å²) in [4.78, 5) is 71.7. The minimum Gasteiger partial charge on any atom is -0.476 e. The number of nitrogens with zero attached hydrogens (tertiary/aromatic N) is 4. The van der Waals surface area contributed by atoms with Crippen molar-refractivity contribution in [3.05, 3.63) is 32.2 Å². The first-order valence-corrected chi connectivity index (χ1v) is 20.3. The van der Waals surface area contributed by atoms with E-state index in [0.29, 0.717) is 17.8 Å². The number of hydrogen-bond donors (Lipinski definition) is 1. The molecule has 0 spiro atoms. The molecule has 1 N–H and O–H groups in total. The maximum absolute atomic E-state index is 12.6. The van der Waals surface area contributed by atoms with Crippen molar-refractivity contribution in [3.63, 3.8) is 0 Å². The zero-order chi connectivity index (χ0) is 42.6. The Labute approximate surface area is 335 Å². The predicted molar refractivity (Wildman–Crippen MR) is 213 cm³/mol. The molecular weight excluding hydrogens is 749 g/mol. The molecule has 0 unspecified atom stereocenters. The van der Waals surface area contributed by atoms with E-state index >= 15 is 0 Å². The molecule has 4 atom stereocenters. The van der Waals surface area contributed by atoms with E-state index in [1.165, 1.54) is 28.5 Å². The molecule has 55 heavy (non-hydrogen) atoms. The lowest BCUT2D eigenvalue weighted by molar-refractivity contribution is -0.151. The molecule has 2 aromatic heterocycles. The summed E-state index contributed by atoms with van der Waals surface area (Å²) in [5.74, 6) is -1.48. The molecule has 0 aliphatic rings. The molecule has 2 heterocycles. The summed E-state index contributed by atoms with van der Waals surface area (Å²) >= 11 is 2.59. The number of amides is 2. The number of carboxylic acid groups (broad SMARTS) is 1. The van der Waals surface area contributed by atoms with E-state index in [-0.39, 0.29) is 54.0 Å². The molecule has 0 saturated carbocycles. The average Bonchev–Trinajstić information content (AvgIpc) is 3.68. The fraction of sp³-hybridized carbons (Fsp3) is 0.718. The van der Waals surface area contributed by atoms with Gasteiger partial charge in [0, 0.05) is 68.8 Å². The normalized spacial score (nSPS) is 13.9. The minimum absolute atomic E-state index is 0.0412. The number of carboxylic acids is 1. The largest absolute Gasteiger partial charge is 0.476 e. The summed E-state index contributed by atoms with van der Waals surface area (Å²) in [6.45, 7) is 26.0. The molecule has 0 aliphatic heterocycles. The predicted octanol–water partition coefficient (Wildman–Crippen LogP) is 9.09. The van der Waals surface area contributed by atoms with Gasteiger partial charge in [0.2, 0.25) is 0 Å². The molecule has 2 amide bonds. The summed E-state index contributed by atoms with van der Waals surface area (Å²) in [7, 11) is 3.37. The second-order valence-electron chi connectivity index (χ2n) is 16.7. The number of aryl methyl sites for hydroxylation is 1. The van der Waals surface area contributed by atoms with Crippen LogP contribution in [0.15, 0.2) is 10.8 Å². The van der Waals surface area contributed by atoms with Crippen LogP contribution in [0.4, 0.5) is 9.59 Å². The number of aromatic carboxylic acids is 1. The third kappa shape index (κ3) is 18.1. The Kier molecular flexibility index (Phi) is 19.2. The van der Waals surface area contributed by atoms with Crippen molar-refractivity contribution in [2.24, 2.45) is 17.8 Å². The molecule has 2 aromatic rings. The van der Waals surface area contributed by atoms with Gasteiger partial charge in [-0.2, -0.15) is 0 Å². The van der Waals surface area contributed by atoms with Gasteiger partial charge >= 0.3 is 30.1 Å². The summed E-state index contributed by atoms with van der Waals surface area (Å²) in [6.07, 6.45) is -0.985. The second-order valence-corrected chi connectivity index (χ2v) is 18.4. The van der Waals surface area contributed by atoms with Gasteiger partial charge < -0.3 is 33.9 Å². The first-order chi connectivity index (χ1) is 25.1. The molecular formula is C39H64N4O10S2. The Balaban J connectivity index is 0.000000550. The average molecular weight is 813 g/mol. The number of aromatic nitrogens is 2.